The summed E-state index contributed by atoms with van der Waals surface area (Å²) in [5, 5.41) is 0. The number of rotatable bonds is 6. The summed E-state index contributed by atoms with van der Waals surface area (Å²) in [4.78, 5) is 29.6. The summed E-state index contributed by atoms with van der Waals surface area (Å²) in [6.45, 7) is 9.22. The van der Waals surface area contributed by atoms with E-state index < -0.39 is 0 Å². The van der Waals surface area contributed by atoms with Gasteiger partial charge in [-0.15, -0.1) is 0 Å². The topological polar surface area (TPSA) is 59.1 Å². The van der Waals surface area contributed by atoms with Crippen molar-refractivity contribution in [2.45, 2.75) is 32.6 Å². The first-order valence-electron chi connectivity index (χ1n) is 10.5. The molecule has 6 heteroatoms. The monoisotopic (exact) mass is 400 g/mol. The van der Waals surface area contributed by atoms with Gasteiger partial charge in [0.15, 0.2) is 11.5 Å². The van der Waals surface area contributed by atoms with Crippen molar-refractivity contribution >= 4 is 11.8 Å². The second kappa shape index (κ2) is 9.81. The molecule has 1 aromatic carbocycles. The Morgan fingerprint density at radius 2 is 1.72 bits per heavy atom. The molecule has 0 unspecified atom stereocenters. The Morgan fingerprint density at radius 1 is 1.07 bits per heavy atom. The van der Waals surface area contributed by atoms with Crippen LogP contribution in [0.2, 0.25) is 0 Å². The third-order valence-electron chi connectivity index (χ3n) is 5.99. The van der Waals surface area contributed by atoms with Crippen molar-refractivity contribution < 1.29 is 19.1 Å². The molecule has 2 fully saturated rings. The zero-order valence-electron chi connectivity index (χ0n) is 17.6. The zero-order valence-corrected chi connectivity index (χ0v) is 17.6. The van der Waals surface area contributed by atoms with E-state index in [9.17, 15) is 9.59 Å². The van der Waals surface area contributed by atoms with Crippen molar-refractivity contribution in [1.82, 2.24) is 9.80 Å². The molecule has 0 spiro atoms. The van der Waals surface area contributed by atoms with Crippen LogP contribution in [0, 0.1) is 11.8 Å². The van der Waals surface area contributed by atoms with Gasteiger partial charge in [-0.05, 0) is 49.8 Å². The summed E-state index contributed by atoms with van der Waals surface area (Å²) in [7, 11) is 1.56. The summed E-state index contributed by atoms with van der Waals surface area (Å²) >= 11 is 0. The van der Waals surface area contributed by atoms with Crippen LogP contribution in [0.25, 0.3) is 0 Å². The number of likely N-dealkylation sites (tertiary alicyclic amines) is 2. The van der Waals surface area contributed by atoms with Crippen molar-refractivity contribution in [3.63, 3.8) is 0 Å². The van der Waals surface area contributed by atoms with E-state index in [1.165, 1.54) is 0 Å². The smallest absolute Gasteiger partial charge is 0.253 e. The maximum Gasteiger partial charge on any atom is 0.253 e. The van der Waals surface area contributed by atoms with Crippen molar-refractivity contribution in [2.75, 3.05) is 39.9 Å². The number of hydrogen-bond acceptors (Lipinski definition) is 4. The maximum atomic E-state index is 12.9. The van der Waals surface area contributed by atoms with Crippen LogP contribution in [0.4, 0.5) is 0 Å². The van der Waals surface area contributed by atoms with Crippen LogP contribution in [0.3, 0.4) is 0 Å². The Morgan fingerprint density at radius 3 is 2.34 bits per heavy atom. The van der Waals surface area contributed by atoms with E-state index in [0.29, 0.717) is 42.7 Å². The summed E-state index contributed by atoms with van der Waals surface area (Å²) in [5.41, 5.74) is 0.572. The molecular weight excluding hydrogens is 368 g/mol. The summed E-state index contributed by atoms with van der Waals surface area (Å²) < 4.78 is 10.9. The van der Waals surface area contributed by atoms with Crippen molar-refractivity contribution in [3.05, 3.63) is 36.4 Å². The molecular formula is C23H32N2O4. The van der Waals surface area contributed by atoms with E-state index in [1.54, 1.807) is 31.4 Å². The molecule has 0 radical (unpaired) electrons. The van der Waals surface area contributed by atoms with Gasteiger partial charge < -0.3 is 19.3 Å². The Bertz CT molecular complexity index is 732. The molecule has 2 aliphatic heterocycles. The standard InChI is InChI=1S/C23H32N2O4/c1-4-15-29-20-6-5-19(16-21(20)28-3)23(27)25-13-9-18(10-14-25)22(26)24-11-7-17(2)8-12-24/h4-6,16-18H,1,7-15H2,2-3H3. The lowest BCUT2D eigenvalue weighted by Gasteiger charge is -2.36. The number of nitrogens with zero attached hydrogens (tertiary/aromatic N) is 2. The van der Waals surface area contributed by atoms with Crippen LogP contribution in [0.15, 0.2) is 30.9 Å². The molecule has 158 valence electrons. The predicted octanol–water partition coefficient (Wildman–Crippen LogP) is 3.37. The average Bonchev–Trinajstić information content (AvgIpc) is 2.77. The third-order valence-corrected chi connectivity index (χ3v) is 5.99. The lowest BCUT2D eigenvalue weighted by atomic mass is 9.92. The number of ether oxygens (including phenoxy) is 2. The van der Waals surface area contributed by atoms with Crippen molar-refractivity contribution in [2.24, 2.45) is 11.8 Å². The molecule has 2 aliphatic rings. The van der Waals surface area contributed by atoms with Crippen LogP contribution < -0.4 is 9.47 Å². The first-order chi connectivity index (χ1) is 14.0. The second-order valence-electron chi connectivity index (χ2n) is 8.04. The van der Waals surface area contributed by atoms with Gasteiger partial charge in [0.2, 0.25) is 5.91 Å². The zero-order chi connectivity index (χ0) is 20.8. The molecule has 0 saturated carbocycles. The molecule has 0 aliphatic carbocycles. The van der Waals surface area contributed by atoms with Crippen LogP contribution in [0.5, 0.6) is 11.5 Å². The molecule has 0 N–H and O–H groups in total. The Labute approximate surface area is 173 Å². The minimum Gasteiger partial charge on any atom is -0.493 e. The third kappa shape index (κ3) is 5.11. The predicted molar refractivity (Wildman–Crippen MR) is 112 cm³/mol. The number of carbonyl (C=O) groups excluding carboxylic acids is 2. The molecule has 2 saturated heterocycles. The average molecular weight is 401 g/mol. The molecule has 3 rings (SSSR count). The Kier molecular flexibility index (Phi) is 7.18. The maximum absolute atomic E-state index is 12.9. The van der Waals surface area contributed by atoms with Crippen molar-refractivity contribution in [3.8, 4) is 11.5 Å². The molecule has 0 bridgehead atoms. The fraction of sp³-hybridized carbons (Fsp3) is 0.565. The number of benzene rings is 1. The lowest BCUT2D eigenvalue weighted by molar-refractivity contribution is -0.138. The van der Waals surface area contributed by atoms with Gasteiger partial charge in [-0.2, -0.15) is 0 Å². The Hall–Kier alpha value is -2.50. The minimum atomic E-state index is -0.0312. The molecule has 1 aromatic rings. The molecule has 29 heavy (non-hydrogen) atoms. The molecule has 2 amide bonds. The van der Waals surface area contributed by atoms with Gasteiger partial charge in [0, 0.05) is 37.7 Å². The highest BCUT2D eigenvalue weighted by Gasteiger charge is 2.32. The minimum absolute atomic E-state index is 0.0312. The van der Waals surface area contributed by atoms with Crippen molar-refractivity contribution in [1.29, 1.82) is 0 Å². The molecule has 0 atom stereocenters. The van der Waals surface area contributed by atoms with Crippen LogP contribution in [-0.2, 0) is 4.79 Å². The van der Waals surface area contributed by atoms with E-state index in [2.05, 4.69) is 13.5 Å². The normalized spacial score (nSPS) is 18.4. The van der Waals surface area contributed by atoms with Gasteiger partial charge >= 0.3 is 0 Å². The van der Waals surface area contributed by atoms with Crippen LogP contribution in [0.1, 0.15) is 43.0 Å². The van der Waals surface area contributed by atoms with E-state index in [4.69, 9.17) is 9.47 Å². The molecule has 2 heterocycles. The number of carbonyl (C=O) groups is 2. The van der Waals surface area contributed by atoms with Crippen LogP contribution in [-0.4, -0.2) is 61.5 Å². The van der Waals surface area contributed by atoms with Gasteiger partial charge in [0.05, 0.1) is 7.11 Å². The van der Waals surface area contributed by atoms with Gasteiger partial charge in [-0.1, -0.05) is 19.6 Å². The van der Waals surface area contributed by atoms with E-state index in [1.807, 2.05) is 9.80 Å². The van der Waals surface area contributed by atoms with E-state index in [-0.39, 0.29) is 17.7 Å². The number of hydrogen-bond donors (Lipinski definition) is 0. The summed E-state index contributed by atoms with van der Waals surface area (Å²) in [6, 6.07) is 5.23. The van der Waals surface area contributed by atoms with E-state index in [0.717, 1.165) is 38.8 Å². The fourth-order valence-corrected chi connectivity index (χ4v) is 4.07. The molecule has 0 aromatic heterocycles. The fourth-order valence-electron chi connectivity index (χ4n) is 4.07. The summed E-state index contributed by atoms with van der Waals surface area (Å²) in [5.74, 6) is 2.11. The number of piperidine rings is 2. The number of methoxy groups -OCH3 is 1. The van der Waals surface area contributed by atoms with Gasteiger partial charge in [0.1, 0.15) is 6.61 Å². The lowest BCUT2D eigenvalue weighted by Crippen LogP contribution is -2.46. The van der Waals surface area contributed by atoms with Gasteiger partial charge in [-0.25, -0.2) is 0 Å². The van der Waals surface area contributed by atoms with Gasteiger partial charge in [-0.3, -0.25) is 9.59 Å². The molecule has 6 nitrogen and oxygen atoms in total. The quantitative estimate of drug-likeness (QED) is 0.687. The first-order valence-corrected chi connectivity index (χ1v) is 10.5. The SMILES string of the molecule is C=CCOc1ccc(C(=O)N2CCC(C(=O)N3CCC(C)CC3)CC2)cc1OC. The highest BCUT2D eigenvalue weighted by atomic mass is 16.5. The van der Waals surface area contributed by atoms with E-state index >= 15 is 0 Å². The van der Waals surface area contributed by atoms with Crippen LogP contribution >= 0.6 is 0 Å². The second-order valence-corrected chi connectivity index (χ2v) is 8.04. The largest absolute Gasteiger partial charge is 0.493 e. The Balaban J connectivity index is 1.57. The number of amides is 2. The first kappa shape index (κ1) is 21.2. The highest BCUT2D eigenvalue weighted by molar-refractivity contribution is 5.95. The van der Waals surface area contributed by atoms with Gasteiger partial charge in [0.25, 0.3) is 5.91 Å². The highest BCUT2D eigenvalue weighted by Crippen LogP contribution is 2.30. The summed E-state index contributed by atoms with van der Waals surface area (Å²) in [6.07, 6.45) is 5.31.